The fourth-order valence-corrected chi connectivity index (χ4v) is 4.98. The van der Waals surface area contributed by atoms with Crippen molar-refractivity contribution in [1.29, 1.82) is 0 Å². The number of urea groups is 1. The summed E-state index contributed by atoms with van der Waals surface area (Å²) >= 11 is 5.87. The number of nitrogens with one attached hydrogen (secondary N) is 2. The number of carbonyl (C=O) groups excluding carboxylic acids is 2. The van der Waals surface area contributed by atoms with E-state index in [4.69, 9.17) is 16.3 Å². The third kappa shape index (κ3) is 5.13. The van der Waals surface area contributed by atoms with Crippen molar-refractivity contribution in [3.8, 4) is 0 Å². The number of pyridine rings is 1. The zero-order valence-corrected chi connectivity index (χ0v) is 20.1. The number of hydrogen-bond donors (Lipinski definition) is 2. The first-order valence-electron chi connectivity index (χ1n) is 11.0. The Hall–Kier alpha value is -2.68. The number of hydrogen-bond acceptors (Lipinski definition) is 5. The highest BCUT2D eigenvalue weighted by Crippen LogP contribution is 2.34. The van der Waals surface area contributed by atoms with Crippen molar-refractivity contribution in [2.24, 2.45) is 0 Å². The lowest BCUT2D eigenvalue weighted by Crippen LogP contribution is -2.45. The van der Waals surface area contributed by atoms with Gasteiger partial charge in [0.1, 0.15) is 11.9 Å². The highest BCUT2D eigenvalue weighted by Gasteiger charge is 2.40. The van der Waals surface area contributed by atoms with Crippen LogP contribution in [0.15, 0.2) is 36.5 Å². The maximum absolute atomic E-state index is 13.2. The molecule has 4 rings (SSSR count). The molecule has 1 fully saturated rings. The molecule has 2 aliphatic heterocycles. The van der Waals surface area contributed by atoms with Gasteiger partial charge < -0.3 is 19.9 Å². The molecule has 3 amide bonds. The molecule has 176 valence electrons. The van der Waals surface area contributed by atoms with E-state index in [0.717, 1.165) is 18.8 Å². The lowest BCUT2D eigenvalue weighted by Gasteiger charge is -2.38. The first-order chi connectivity index (χ1) is 15.7. The van der Waals surface area contributed by atoms with Crippen LogP contribution in [0.1, 0.15) is 31.4 Å². The van der Waals surface area contributed by atoms with Gasteiger partial charge in [-0.2, -0.15) is 0 Å². The van der Waals surface area contributed by atoms with Crippen molar-refractivity contribution in [3.63, 3.8) is 0 Å². The number of rotatable bonds is 4. The number of aromatic nitrogens is 1. The Balaban J connectivity index is 1.49. The van der Waals surface area contributed by atoms with Crippen LogP contribution in [0.4, 0.5) is 16.3 Å². The summed E-state index contributed by atoms with van der Waals surface area (Å²) in [5, 5.41) is 6.22. The molecule has 33 heavy (non-hydrogen) atoms. The Labute approximate surface area is 199 Å². The molecule has 2 aliphatic rings. The van der Waals surface area contributed by atoms with Crippen LogP contribution in [0.2, 0.25) is 5.02 Å². The van der Waals surface area contributed by atoms with Gasteiger partial charge in [0.05, 0.1) is 11.1 Å². The number of likely N-dealkylation sites (tertiary alicyclic amines) is 1. The fraction of sp³-hybridized carbons (Fsp3) is 0.458. The standard InChI is InChI=1S/C24H30ClN5O3/c1-24(2)14-29(3)12-15-9-17(6-7-19(15)24)27-22(31)20-10-18(33-4)13-30(20)23(32)28-21-8-5-16(25)11-26-21/h5-9,11,18,20H,10,12-14H2,1-4H3,(H,27,31)(H,26,28,32)/t18-,20-/m1/s1. The number of ether oxygens (including phenoxy) is 1. The summed E-state index contributed by atoms with van der Waals surface area (Å²) in [6.07, 6.45) is 1.66. The zero-order chi connectivity index (χ0) is 23.8. The highest BCUT2D eigenvalue weighted by atomic mass is 35.5. The quantitative estimate of drug-likeness (QED) is 0.709. The van der Waals surface area contributed by atoms with E-state index in [1.807, 2.05) is 12.1 Å². The average molecular weight is 472 g/mol. The summed E-state index contributed by atoms with van der Waals surface area (Å²) in [6.45, 7) is 6.60. The van der Waals surface area contributed by atoms with Crippen molar-refractivity contribution in [2.45, 2.75) is 44.4 Å². The smallest absolute Gasteiger partial charge is 0.323 e. The Bertz CT molecular complexity index is 1040. The highest BCUT2D eigenvalue weighted by molar-refractivity contribution is 6.30. The zero-order valence-electron chi connectivity index (χ0n) is 19.4. The van der Waals surface area contributed by atoms with Crippen molar-refractivity contribution >= 4 is 35.0 Å². The van der Waals surface area contributed by atoms with Gasteiger partial charge in [-0.25, -0.2) is 9.78 Å². The van der Waals surface area contributed by atoms with Crippen molar-refractivity contribution in [2.75, 3.05) is 37.9 Å². The summed E-state index contributed by atoms with van der Waals surface area (Å²) in [5.41, 5.74) is 3.28. The number of halogens is 1. The molecule has 0 aliphatic carbocycles. The van der Waals surface area contributed by atoms with Gasteiger partial charge in [0.2, 0.25) is 5.91 Å². The van der Waals surface area contributed by atoms with Gasteiger partial charge in [-0.15, -0.1) is 0 Å². The Morgan fingerprint density at radius 1 is 1.21 bits per heavy atom. The Kier molecular flexibility index (Phi) is 6.61. The number of amides is 3. The molecule has 2 aromatic rings. The number of anilines is 2. The average Bonchev–Trinajstić information content (AvgIpc) is 3.19. The molecule has 8 nitrogen and oxygen atoms in total. The number of carbonyl (C=O) groups is 2. The molecule has 0 unspecified atom stereocenters. The summed E-state index contributed by atoms with van der Waals surface area (Å²) < 4.78 is 5.46. The number of likely N-dealkylation sites (N-methyl/N-ethyl adjacent to an activating group) is 1. The maximum Gasteiger partial charge on any atom is 0.323 e. The summed E-state index contributed by atoms with van der Waals surface area (Å²) in [6, 6.07) is 8.28. The molecular formula is C24H30ClN5O3. The minimum Gasteiger partial charge on any atom is -0.380 e. The molecule has 0 radical (unpaired) electrons. The maximum atomic E-state index is 13.2. The molecule has 1 aromatic heterocycles. The van der Waals surface area contributed by atoms with Gasteiger partial charge in [0.25, 0.3) is 0 Å². The Morgan fingerprint density at radius 3 is 2.70 bits per heavy atom. The fourth-order valence-electron chi connectivity index (χ4n) is 4.87. The molecule has 1 saturated heterocycles. The third-order valence-corrected chi connectivity index (χ3v) is 6.55. The summed E-state index contributed by atoms with van der Waals surface area (Å²) in [5.74, 6) is 0.128. The second-order valence-electron chi connectivity index (χ2n) is 9.47. The van der Waals surface area contributed by atoms with Crippen LogP contribution in [0.3, 0.4) is 0 Å². The van der Waals surface area contributed by atoms with Crippen LogP contribution in [0.5, 0.6) is 0 Å². The van der Waals surface area contributed by atoms with E-state index in [1.165, 1.54) is 22.2 Å². The van der Waals surface area contributed by atoms with Gasteiger partial charge in [0.15, 0.2) is 0 Å². The van der Waals surface area contributed by atoms with Gasteiger partial charge in [-0.05, 0) is 42.4 Å². The van der Waals surface area contributed by atoms with Gasteiger partial charge >= 0.3 is 6.03 Å². The van der Waals surface area contributed by atoms with E-state index in [9.17, 15) is 9.59 Å². The van der Waals surface area contributed by atoms with Crippen LogP contribution in [0, 0.1) is 0 Å². The number of benzene rings is 1. The molecular weight excluding hydrogens is 442 g/mol. The molecule has 1 aromatic carbocycles. The van der Waals surface area contributed by atoms with Crippen molar-refractivity contribution in [3.05, 3.63) is 52.7 Å². The lowest BCUT2D eigenvalue weighted by molar-refractivity contribution is -0.119. The largest absolute Gasteiger partial charge is 0.380 e. The first kappa shape index (κ1) is 23.5. The molecule has 0 bridgehead atoms. The predicted octanol–water partition coefficient (Wildman–Crippen LogP) is 3.72. The molecule has 0 saturated carbocycles. The van der Waals surface area contributed by atoms with Crippen LogP contribution < -0.4 is 10.6 Å². The van der Waals surface area contributed by atoms with Crippen LogP contribution >= 0.6 is 11.6 Å². The SMILES string of the molecule is CO[C@@H]1C[C@H](C(=O)Nc2ccc3c(c2)CN(C)CC3(C)C)N(C(=O)Nc2ccc(Cl)cn2)C1. The van der Waals surface area contributed by atoms with Crippen LogP contribution in [-0.4, -0.2) is 66.1 Å². The van der Waals surface area contributed by atoms with Gasteiger partial charge in [0, 0.05) is 50.5 Å². The number of fused-ring (bicyclic) bond motifs is 1. The number of nitrogens with zero attached hydrogens (tertiary/aromatic N) is 3. The predicted molar refractivity (Wildman–Crippen MR) is 129 cm³/mol. The topological polar surface area (TPSA) is 86.8 Å². The van der Waals surface area contributed by atoms with Crippen LogP contribution in [-0.2, 0) is 21.5 Å². The van der Waals surface area contributed by atoms with Crippen molar-refractivity contribution in [1.82, 2.24) is 14.8 Å². The monoisotopic (exact) mass is 471 g/mol. The minimum atomic E-state index is -0.655. The Morgan fingerprint density at radius 2 is 2.00 bits per heavy atom. The van der Waals surface area contributed by atoms with E-state index in [2.05, 4.69) is 47.5 Å². The normalized spacial score (nSPS) is 22.0. The van der Waals surface area contributed by atoms with E-state index in [-0.39, 0.29) is 17.4 Å². The van der Waals surface area contributed by atoms with Crippen molar-refractivity contribution < 1.29 is 14.3 Å². The lowest BCUT2D eigenvalue weighted by atomic mass is 9.78. The van der Waals surface area contributed by atoms with Gasteiger partial charge in [-0.3, -0.25) is 10.1 Å². The molecule has 9 heteroatoms. The van der Waals surface area contributed by atoms with E-state index in [0.29, 0.717) is 23.8 Å². The summed E-state index contributed by atoms with van der Waals surface area (Å²) in [4.78, 5) is 34.0. The van der Waals surface area contributed by atoms with Crippen LogP contribution in [0.25, 0.3) is 0 Å². The molecule has 3 heterocycles. The molecule has 2 atom stereocenters. The second-order valence-corrected chi connectivity index (χ2v) is 9.91. The summed E-state index contributed by atoms with van der Waals surface area (Å²) in [7, 11) is 3.69. The van der Waals surface area contributed by atoms with E-state index >= 15 is 0 Å². The van der Waals surface area contributed by atoms with Gasteiger partial charge in [-0.1, -0.05) is 31.5 Å². The number of methoxy groups -OCH3 is 1. The second kappa shape index (κ2) is 9.29. The first-order valence-corrected chi connectivity index (χ1v) is 11.4. The third-order valence-electron chi connectivity index (χ3n) is 6.33. The molecule has 2 N–H and O–H groups in total. The van der Waals surface area contributed by atoms with E-state index in [1.54, 1.807) is 19.2 Å². The van der Waals surface area contributed by atoms with E-state index < -0.39 is 12.1 Å². The minimum absolute atomic E-state index is 0.0482. The molecule has 0 spiro atoms.